The van der Waals surface area contributed by atoms with E-state index in [9.17, 15) is 4.79 Å². The summed E-state index contributed by atoms with van der Waals surface area (Å²) in [7, 11) is 0. The lowest BCUT2D eigenvalue weighted by Gasteiger charge is -2.33. The number of nitrogens with one attached hydrogen (secondary N) is 1. The lowest BCUT2D eigenvalue weighted by molar-refractivity contribution is -0.125. The van der Waals surface area contributed by atoms with Gasteiger partial charge in [0, 0.05) is 49.2 Å². The number of nitrogens with zero attached hydrogens (tertiary/aromatic N) is 6. The predicted octanol–water partition coefficient (Wildman–Crippen LogP) is 3.51. The van der Waals surface area contributed by atoms with Gasteiger partial charge in [0.05, 0.1) is 0 Å². The topological polar surface area (TPSA) is 78.7 Å². The molecule has 2 saturated heterocycles. The zero-order valence-electron chi connectivity index (χ0n) is 19.7. The van der Waals surface area contributed by atoms with Gasteiger partial charge in [-0.15, -0.1) is 15.3 Å². The van der Waals surface area contributed by atoms with Gasteiger partial charge in [0.25, 0.3) is 0 Å². The van der Waals surface area contributed by atoms with Gasteiger partial charge in [0.15, 0.2) is 11.5 Å². The Balaban J connectivity index is 1.16. The summed E-state index contributed by atoms with van der Waals surface area (Å²) in [5.41, 5.74) is 1.61. The zero-order chi connectivity index (χ0) is 23.5. The monoisotopic (exact) mass is 481 g/mol. The van der Waals surface area contributed by atoms with Crippen molar-refractivity contribution in [3.63, 3.8) is 0 Å². The first-order valence-corrected chi connectivity index (χ1v) is 12.7. The van der Waals surface area contributed by atoms with Gasteiger partial charge in [-0.1, -0.05) is 18.5 Å². The minimum Gasteiger partial charge on any atom is -0.355 e. The first-order valence-electron chi connectivity index (χ1n) is 12.3. The molecule has 3 aromatic rings. The van der Waals surface area contributed by atoms with E-state index in [0.717, 1.165) is 69.4 Å². The van der Waals surface area contributed by atoms with E-state index in [-0.39, 0.29) is 11.8 Å². The van der Waals surface area contributed by atoms with Crippen LogP contribution in [0, 0.1) is 11.8 Å². The Hall–Kier alpha value is -2.71. The van der Waals surface area contributed by atoms with Crippen LogP contribution in [0.25, 0.3) is 17.0 Å². The highest BCUT2D eigenvalue weighted by molar-refractivity contribution is 6.30. The Morgan fingerprint density at radius 2 is 1.85 bits per heavy atom. The molecule has 2 aliphatic heterocycles. The molecular formula is C25H32ClN7O. The number of aromatic nitrogens is 4. The summed E-state index contributed by atoms with van der Waals surface area (Å²) in [4.78, 5) is 17.4. The zero-order valence-corrected chi connectivity index (χ0v) is 20.4. The molecule has 0 bridgehead atoms. The van der Waals surface area contributed by atoms with E-state index in [4.69, 9.17) is 16.7 Å². The number of hydrogen-bond acceptors (Lipinski definition) is 6. The molecule has 0 aliphatic carbocycles. The standard InChI is InChI=1S/C25H32ClN7O/c1-18-3-2-13-31(17-18)16-12-27-25(34)20-10-14-32(15-11-20)23-9-8-22-28-29-24(33(22)30-23)19-4-6-21(26)7-5-19/h4-9,18,20H,2-3,10-17H2,1H3,(H,27,34)/t18-/m0/s1. The lowest BCUT2D eigenvalue weighted by atomic mass is 9.96. The second-order valence-electron chi connectivity index (χ2n) is 9.59. The first kappa shape index (κ1) is 23.1. The number of likely N-dealkylation sites (tertiary alicyclic amines) is 1. The molecular weight excluding hydrogens is 450 g/mol. The largest absolute Gasteiger partial charge is 0.355 e. The summed E-state index contributed by atoms with van der Waals surface area (Å²) in [6, 6.07) is 11.4. The third kappa shape index (κ3) is 5.18. The summed E-state index contributed by atoms with van der Waals surface area (Å²) >= 11 is 6.03. The number of carbonyl (C=O) groups excluding carboxylic acids is 1. The number of fused-ring (bicyclic) bond motifs is 1. The smallest absolute Gasteiger partial charge is 0.223 e. The minimum absolute atomic E-state index is 0.0693. The summed E-state index contributed by atoms with van der Waals surface area (Å²) < 4.78 is 1.78. The van der Waals surface area contributed by atoms with Crippen molar-refractivity contribution in [2.75, 3.05) is 44.2 Å². The molecule has 9 heteroatoms. The van der Waals surface area contributed by atoms with Crippen molar-refractivity contribution in [1.82, 2.24) is 30.0 Å². The molecule has 2 aliphatic rings. The summed E-state index contributed by atoms with van der Waals surface area (Å²) in [6.07, 6.45) is 4.25. The number of benzene rings is 1. The minimum atomic E-state index is 0.0693. The number of anilines is 1. The van der Waals surface area contributed by atoms with Crippen LogP contribution in [0.3, 0.4) is 0 Å². The maximum atomic E-state index is 12.7. The van der Waals surface area contributed by atoms with Crippen molar-refractivity contribution >= 4 is 29.0 Å². The van der Waals surface area contributed by atoms with Gasteiger partial charge in [-0.2, -0.15) is 4.52 Å². The fraction of sp³-hybridized carbons (Fsp3) is 0.520. The quantitative estimate of drug-likeness (QED) is 0.580. The van der Waals surface area contributed by atoms with Crippen LogP contribution in [0.5, 0.6) is 0 Å². The van der Waals surface area contributed by atoms with Crippen molar-refractivity contribution < 1.29 is 4.79 Å². The molecule has 1 atom stereocenters. The molecule has 0 unspecified atom stereocenters. The maximum Gasteiger partial charge on any atom is 0.223 e. The highest BCUT2D eigenvalue weighted by Crippen LogP contribution is 2.25. The van der Waals surface area contributed by atoms with Crippen LogP contribution in [0.4, 0.5) is 5.82 Å². The normalized spacial score (nSPS) is 20.1. The molecule has 8 nitrogen and oxygen atoms in total. The Labute approximate surface area is 205 Å². The third-order valence-corrected chi connectivity index (χ3v) is 7.26. The van der Waals surface area contributed by atoms with Crippen LogP contribution in [-0.2, 0) is 4.79 Å². The van der Waals surface area contributed by atoms with E-state index in [1.807, 2.05) is 36.4 Å². The number of hydrogen-bond donors (Lipinski definition) is 1. The Morgan fingerprint density at radius 1 is 1.06 bits per heavy atom. The number of piperidine rings is 2. The number of amides is 1. The Bertz CT molecular complexity index is 1120. The van der Waals surface area contributed by atoms with E-state index in [1.54, 1.807) is 4.52 Å². The average Bonchev–Trinajstić information content (AvgIpc) is 3.28. The molecule has 5 rings (SSSR count). The molecule has 1 aromatic carbocycles. The molecule has 2 fully saturated rings. The SMILES string of the molecule is C[C@H]1CCCN(CCNC(=O)C2CCN(c3ccc4nnc(-c5ccc(Cl)cc5)n4n3)CC2)C1. The molecule has 180 valence electrons. The lowest BCUT2D eigenvalue weighted by Crippen LogP contribution is -2.44. The molecule has 1 amide bonds. The van der Waals surface area contributed by atoms with Crippen LogP contribution < -0.4 is 10.2 Å². The second kappa shape index (κ2) is 10.3. The van der Waals surface area contributed by atoms with Gasteiger partial charge in [-0.3, -0.25) is 4.79 Å². The van der Waals surface area contributed by atoms with Crippen LogP contribution in [0.2, 0.25) is 5.02 Å². The van der Waals surface area contributed by atoms with Gasteiger partial charge in [-0.25, -0.2) is 0 Å². The maximum absolute atomic E-state index is 12.7. The van der Waals surface area contributed by atoms with E-state index in [0.29, 0.717) is 16.5 Å². The number of carbonyl (C=O) groups is 1. The summed E-state index contributed by atoms with van der Waals surface area (Å²) in [6.45, 7) is 7.92. The van der Waals surface area contributed by atoms with Crippen molar-refractivity contribution in [2.24, 2.45) is 11.8 Å². The molecule has 1 N–H and O–H groups in total. The van der Waals surface area contributed by atoms with Crippen LogP contribution in [-0.4, -0.2) is 69.9 Å². The van der Waals surface area contributed by atoms with E-state index in [2.05, 4.69) is 32.2 Å². The van der Waals surface area contributed by atoms with E-state index >= 15 is 0 Å². The van der Waals surface area contributed by atoms with Crippen molar-refractivity contribution in [2.45, 2.75) is 32.6 Å². The van der Waals surface area contributed by atoms with Crippen molar-refractivity contribution in [3.05, 3.63) is 41.4 Å². The second-order valence-corrected chi connectivity index (χ2v) is 10.0. The van der Waals surface area contributed by atoms with Crippen molar-refractivity contribution in [1.29, 1.82) is 0 Å². The van der Waals surface area contributed by atoms with Gasteiger partial charge in [0.1, 0.15) is 5.82 Å². The van der Waals surface area contributed by atoms with E-state index < -0.39 is 0 Å². The van der Waals surface area contributed by atoms with Gasteiger partial charge >= 0.3 is 0 Å². The van der Waals surface area contributed by atoms with Gasteiger partial charge in [-0.05, 0) is 74.5 Å². The Kier molecular flexibility index (Phi) is 6.97. The number of rotatable bonds is 6. The van der Waals surface area contributed by atoms with Gasteiger partial charge in [0.2, 0.25) is 5.91 Å². The fourth-order valence-corrected chi connectivity index (χ4v) is 5.19. The third-order valence-electron chi connectivity index (χ3n) is 7.01. The van der Waals surface area contributed by atoms with Crippen LogP contribution in [0.15, 0.2) is 36.4 Å². The summed E-state index contributed by atoms with van der Waals surface area (Å²) in [5.74, 6) is 2.59. The summed E-state index contributed by atoms with van der Waals surface area (Å²) in [5, 5.41) is 17.2. The van der Waals surface area contributed by atoms with Crippen LogP contribution >= 0.6 is 11.6 Å². The van der Waals surface area contributed by atoms with Crippen molar-refractivity contribution in [3.8, 4) is 11.4 Å². The molecule has 0 radical (unpaired) electrons. The fourth-order valence-electron chi connectivity index (χ4n) is 5.07. The molecule has 0 saturated carbocycles. The highest BCUT2D eigenvalue weighted by Gasteiger charge is 2.26. The molecule has 0 spiro atoms. The average molecular weight is 482 g/mol. The molecule has 2 aromatic heterocycles. The Morgan fingerprint density at radius 3 is 2.62 bits per heavy atom. The first-order chi connectivity index (χ1) is 16.6. The molecule has 4 heterocycles. The number of halogens is 1. The predicted molar refractivity (Wildman–Crippen MR) is 134 cm³/mol. The molecule has 34 heavy (non-hydrogen) atoms. The van der Waals surface area contributed by atoms with E-state index in [1.165, 1.54) is 12.8 Å². The van der Waals surface area contributed by atoms with Crippen LogP contribution in [0.1, 0.15) is 32.6 Å². The highest BCUT2D eigenvalue weighted by atomic mass is 35.5. The van der Waals surface area contributed by atoms with Gasteiger partial charge < -0.3 is 15.1 Å².